The molecule has 4 nitrogen and oxygen atoms in total. The molecule has 1 aliphatic heterocycles. The Morgan fingerprint density at radius 2 is 2.54 bits per heavy atom. The molecule has 0 spiro atoms. The second-order valence-corrected chi connectivity index (χ2v) is 3.30. The Balaban J connectivity index is 2.11. The molecule has 0 unspecified atom stereocenters. The molecule has 1 atom stereocenters. The van der Waals surface area contributed by atoms with Crippen molar-refractivity contribution in [3.63, 3.8) is 0 Å². The Morgan fingerprint density at radius 1 is 1.69 bits per heavy atom. The number of piperidine rings is 1. The summed E-state index contributed by atoms with van der Waals surface area (Å²) >= 11 is 0. The van der Waals surface area contributed by atoms with E-state index in [1.807, 2.05) is 6.92 Å². The molecule has 4 heteroatoms. The number of carbonyl (C=O) groups excluding carboxylic acids is 1. The van der Waals surface area contributed by atoms with Crippen molar-refractivity contribution in [3.05, 3.63) is 0 Å². The maximum absolute atomic E-state index is 11.1. The maximum Gasteiger partial charge on any atom is 0.407 e. The Bertz CT molecular complexity index is 156. The maximum atomic E-state index is 11.1. The quantitative estimate of drug-likeness (QED) is 0.687. The summed E-state index contributed by atoms with van der Waals surface area (Å²) in [5.41, 5.74) is 0. The van der Waals surface area contributed by atoms with Crippen LogP contribution < -0.4 is 10.6 Å². The fourth-order valence-corrected chi connectivity index (χ4v) is 1.34. The number of hydrogen-bond acceptors (Lipinski definition) is 3. The highest BCUT2D eigenvalue weighted by Crippen LogP contribution is 2.05. The molecular formula is C9H18N2O2. The van der Waals surface area contributed by atoms with Crippen molar-refractivity contribution in [2.45, 2.75) is 32.3 Å². The van der Waals surface area contributed by atoms with Crippen LogP contribution in [0.15, 0.2) is 0 Å². The summed E-state index contributed by atoms with van der Waals surface area (Å²) in [6.07, 6.45) is 2.79. The van der Waals surface area contributed by atoms with Crippen LogP contribution in [0.1, 0.15) is 26.2 Å². The fourth-order valence-electron chi connectivity index (χ4n) is 1.34. The standard InChI is InChI=1S/C9H18N2O2/c1-2-5-11-9(12)13-8-4-3-6-10-7-8/h8,10H,2-7H2,1H3,(H,11,12)/t8-/m0/s1. The molecule has 0 bridgehead atoms. The molecule has 0 aromatic rings. The van der Waals surface area contributed by atoms with E-state index in [0.29, 0.717) is 6.54 Å². The van der Waals surface area contributed by atoms with Gasteiger partial charge in [0.15, 0.2) is 0 Å². The molecule has 0 aromatic heterocycles. The van der Waals surface area contributed by atoms with E-state index >= 15 is 0 Å². The Morgan fingerprint density at radius 3 is 3.15 bits per heavy atom. The summed E-state index contributed by atoms with van der Waals surface area (Å²) in [5.74, 6) is 0. The van der Waals surface area contributed by atoms with Crippen molar-refractivity contribution in [2.75, 3.05) is 19.6 Å². The van der Waals surface area contributed by atoms with Crippen LogP contribution >= 0.6 is 0 Å². The highest BCUT2D eigenvalue weighted by Gasteiger charge is 2.16. The Labute approximate surface area is 79.0 Å². The van der Waals surface area contributed by atoms with Gasteiger partial charge in [0.05, 0.1) is 0 Å². The monoisotopic (exact) mass is 186 g/mol. The summed E-state index contributed by atoms with van der Waals surface area (Å²) in [6.45, 7) is 4.54. The van der Waals surface area contributed by atoms with E-state index in [9.17, 15) is 4.79 Å². The molecule has 1 fully saturated rings. The van der Waals surface area contributed by atoms with E-state index in [1.165, 1.54) is 0 Å². The van der Waals surface area contributed by atoms with Crippen LogP contribution in [-0.4, -0.2) is 31.8 Å². The first-order chi connectivity index (χ1) is 6.33. The molecule has 1 rings (SSSR count). The molecule has 0 aliphatic carbocycles. The molecule has 1 saturated heterocycles. The predicted octanol–water partition coefficient (Wildman–Crippen LogP) is 0.875. The SMILES string of the molecule is CCCNC(=O)O[C@H]1CCCNC1. The molecule has 1 aliphatic rings. The molecule has 0 radical (unpaired) electrons. The minimum atomic E-state index is -0.282. The first-order valence-electron chi connectivity index (χ1n) is 4.98. The van der Waals surface area contributed by atoms with E-state index in [0.717, 1.165) is 32.4 Å². The van der Waals surface area contributed by atoms with Gasteiger partial charge in [-0.15, -0.1) is 0 Å². The van der Waals surface area contributed by atoms with E-state index in [1.54, 1.807) is 0 Å². The molecule has 13 heavy (non-hydrogen) atoms. The van der Waals surface area contributed by atoms with E-state index in [-0.39, 0.29) is 12.2 Å². The highest BCUT2D eigenvalue weighted by atomic mass is 16.6. The van der Waals surface area contributed by atoms with Crippen LogP contribution in [0.3, 0.4) is 0 Å². The molecule has 1 amide bonds. The summed E-state index contributed by atoms with van der Waals surface area (Å²) in [7, 11) is 0. The van der Waals surface area contributed by atoms with Crippen LogP contribution in [0, 0.1) is 0 Å². The van der Waals surface area contributed by atoms with Gasteiger partial charge >= 0.3 is 6.09 Å². The first-order valence-corrected chi connectivity index (χ1v) is 4.98. The largest absolute Gasteiger partial charge is 0.445 e. The average Bonchev–Trinajstić information content (AvgIpc) is 2.16. The Hall–Kier alpha value is -0.770. The topological polar surface area (TPSA) is 50.4 Å². The lowest BCUT2D eigenvalue weighted by atomic mass is 10.1. The van der Waals surface area contributed by atoms with Gasteiger partial charge in [-0.3, -0.25) is 0 Å². The second-order valence-electron chi connectivity index (χ2n) is 3.30. The van der Waals surface area contributed by atoms with Crippen LogP contribution in [0.2, 0.25) is 0 Å². The van der Waals surface area contributed by atoms with Crippen molar-refractivity contribution in [1.29, 1.82) is 0 Å². The van der Waals surface area contributed by atoms with E-state index in [2.05, 4.69) is 10.6 Å². The number of amides is 1. The van der Waals surface area contributed by atoms with Gasteiger partial charge in [0.2, 0.25) is 0 Å². The molecule has 2 N–H and O–H groups in total. The van der Waals surface area contributed by atoms with E-state index < -0.39 is 0 Å². The van der Waals surface area contributed by atoms with Gasteiger partial charge in [0.25, 0.3) is 0 Å². The fraction of sp³-hybridized carbons (Fsp3) is 0.889. The third-order valence-electron chi connectivity index (χ3n) is 2.04. The second kappa shape index (κ2) is 5.80. The molecule has 0 saturated carbocycles. The summed E-state index contributed by atoms with van der Waals surface area (Å²) in [6, 6.07) is 0. The zero-order valence-corrected chi connectivity index (χ0v) is 8.14. The summed E-state index contributed by atoms with van der Waals surface area (Å²) in [5, 5.41) is 5.88. The minimum absolute atomic E-state index is 0.0607. The average molecular weight is 186 g/mol. The first kappa shape index (κ1) is 10.3. The molecule has 76 valence electrons. The number of carbonyl (C=O) groups is 1. The van der Waals surface area contributed by atoms with Crippen molar-refractivity contribution >= 4 is 6.09 Å². The number of hydrogen-bond donors (Lipinski definition) is 2. The molecule has 0 aromatic carbocycles. The smallest absolute Gasteiger partial charge is 0.407 e. The van der Waals surface area contributed by atoms with Crippen LogP contribution in [0.4, 0.5) is 4.79 Å². The van der Waals surface area contributed by atoms with Crippen molar-refractivity contribution in [2.24, 2.45) is 0 Å². The van der Waals surface area contributed by atoms with Gasteiger partial charge in [-0.25, -0.2) is 4.79 Å². The Kier molecular flexibility index (Phi) is 4.60. The van der Waals surface area contributed by atoms with Gasteiger partial charge in [0.1, 0.15) is 6.10 Å². The van der Waals surface area contributed by atoms with Crippen LogP contribution in [-0.2, 0) is 4.74 Å². The zero-order valence-electron chi connectivity index (χ0n) is 8.14. The highest BCUT2D eigenvalue weighted by molar-refractivity contribution is 5.67. The van der Waals surface area contributed by atoms with Crippen LogP contribution in [0.5, 0.6) is 0 Å². The number of rotatable bonds is 3. The number of nitrogens with one attached hydrogen (secondary N) is 2. The van der Waals surface area contributed by atoms with Gasteiger partial charge in [-0.1, -0.05) is 6.92 Å². The number of alkyl carbamates (subject to hydrolysis) is 1. The summed E-state index contributed by atoms with van der Waals surface area (Å²) < 4.78 is 5.18. The lowest BCUT2D eigenvalue weighted by molar-refractivity contribution is 0.0826. The van der Waals surface area contributed by atoms with Gasteiger partial charge < -0.3 is 15.4 Å². The lowest BCUT2D eigenvalue weighted by Gasteiger charge is -2.22. The minimum Gasteiger partial charge on any atom is -0.445 e. The van der Waals surface area contributed by atoms with Crippen molar-refractivity contribution in [1.82, 2.24) is 10.6 Å². The zero-order chi connectivity index (χ0) is 9.52. The lowest BCUT2D eigenvalue weighted by Crippen LogP contribution is -2.39. The van der Waals surface area contributed by atoms with Crippen LogP contribution in [0.25, 0.3) is 0 Å². The molecular weight excluding hydrogens is 168 g/mol. The summed E-state index contributed by atoms with van der Waals surface area (Å²) in [4.78, 5) is 11.1. The van der Waals surface area contributed by atoms with Gasteiger partial charge in [-0.2, -0.15) is 0 Å². The number of ether oxygens (including phenoxy) is 1. The molecule has 1 heterocycles. The van der Waals surface area contributed by atoms with E-state index in [4.69, 9.17) is 4.74 Å². The van der Waals surface area contributed by atoms with Crippen molar-refractivity contribution in [3.8, 4) is 0 Å². The third kappa shape index (κ3) is 4.12. The van der Waals surface area contributed by atoms with Crippen molar-refractivity contribution < 1.29 is 9.53 Å². The van der Waals surface area contributed by atoms with Gasteiger partial charge in [-0.05, 0) is 25.8 Å². The van der Waals surface area contributed by atoms with Gasteiger partial charge in [0, 0.05) is 13.1 Å². The predicted molar refractivity (Wildman–Crippen MR) is 50.7 cm³/mol. The normalized spacial score (nSPS) is 22.4. The third-order valence-corrected chi connectivity index (χ3v) is 2.04.